The number of nitrogens with one attached hydrogen (secondary N) is 1. The first-order chi connectivity index (χ1) is 9.67. The standard InChI is InChI=1S/C15H27N5/c1-5-7-16-14-13(4)15(18-11-17-14)20-9-8-19(6-2)12(3)10-20/h11-12H,5-10H2,1-4H3,(H,16,17,18). The lowest BCUT2D eigenvalue weighted by molar-refractivity contribution is 0.199. The maximum atomic E-state index is 4.51. The summed E-state index contributed by atoms with van der Waals surface area (Å²) in [6, 6.07) is 0.579. The summed E-state index contributed by atoms with van der Waals surface area (Å²) in [5.41, 5.74) is 1.16. The molecule has 0 bridgehead atoms. The maximum absolute atomic E-state index is 4.51. The molecule has 0 spiro atoms. The molecule has 2 rings (SSSR count). The van der Waals surface area contributed by atoms with Crippen molar-refractivity contribution in [3.63, 3.8) is 0 Å². The number of hydrogen-bond acceptors (Lipinski definition) is 5. The van der Waals surface area contributed by atoms with Gasteiger partial charge in [-0.25, -0.2) is 9.97 Å². The summed E-state index contributed by atoms with van der Waals surface area (Å²) in [6.45, 7) is 14.1. The van der Waals surface area contributed by atoms with Crippen molar-refractivity contribution < 1.29 is 0 Å². The molecule has 20 heavy (non-hydrogen) atoms. The van der Waals surface area contributed by atoms with Gasteiger partial charge in [0.15, 0.2) is 0 Å². The molecule has 1 aromatic heterocycles. The van der Waals surface area contributed by atoms with Crippen molar-refractivity contribution in [3.8, 4) is 0 Å². The van der Waals surface area contributed by atoms with Gasteiger partial charge in [-0.1, -0.05) is 13.8 Å². The number of nitrogens with zero attached hydrogens (tertiary/aromatic N) is 4. The van der Waals surface area contributed by atoms with Crippen LogP contribution in [0.5, 0.6) is 0 Å². The third-order valence-corrected chi connectivity index (χ3v) is 4.07. The third kappa shape index (κ3) is 3.20. The van der Waals surface area contributed by atoms with Gasteiger partial charge in [0.1, 0.15) is 18.0 Å². The lowest BCUT2D eigenvalue weighted by atomic mass is 10.1. The minimum atomic E-state index is 0.579. The van der Waals surface area contributed by atoms with Gasteiger partial charge in [-0.15, -0.1) is 0 Å². The lowest BCUT2D eigenvalue weighted by Crippen LogP contribution is -2.52. The summed E-state index contributed by atoms with van der Waals surface area (Å²) in [7, 11) is 0. The Hall–Kier alpha value is -1.36. The van der Waals surface area contributed by atoms with Crippen molar-refractivity contribution in [2.45, 2.75) is 40.2 Å². The Morgan fingerprint density at radius 3 is 2.75 bits per heavy atom. The normalized spacial score (nSPS) is 20.2. The molecule has 5 nitrogen and oxygen atoms in total. The average Bonchev–Trinajstić information content (AvgIpc) is 2.46. The Labute approximate surface area is 122 Å². The van der Waals surface area contributed by atoms with Crippen LogP contribution in [0.25, 0.3) is 0 Å². The predicted octanol–water partition coefficient (Wildman–Crippen LogP) is 2.14. The average molecular weight is 277 g/mol. The fourth-order valence-electron chi connectivity index (χ4n) is 2.84. The summed E-state index contributed by atoms with van der Waals surface area (Å²) in [5, 5.41) is 3.39. The largest absolute Gasteiger partial charge is 0.370 e. The van der Waals surface area contributed by atoms with Crippen molar-refractivity contribution in [3.05, 3.63) is 11.9 Å². The highest BCUT2D eigenvalue weighted by Crippen LogP contribution is 2.24. The molecule has 1 saturated heterocycles. The molecule has 0 saturated carbocycles. The Morgan fingerprint density at radius 1 is 1.30 bits per heavy atom. The Morgan fingerprint density at radius 2 is 2.10 bits per heavy atom. The molecule has 5 heteroatoms. The van der Waals surface area contributed by atoms with E-state index < -0.39 is 0 Å². The second kappa shape index (κ2) is 6.88. The van der Waals surface area contributed by atoms with E-state index in [0.29, 0.717) is 6.04 Å². The molecule has 0 aromatic carbocycles. The van der Waals surface area contributed by atoms with Crippen molar-refractivity contribution in [1.82, 2.24) is 14.9 Å². The lowest BCUT2D eigenvalue weighted by Gasteiger charge is -2.40. The first-order valence-corrected chi connectivity index (χ1v) is 7.71. The van der Waals surface area contributed by atoms with E-state index in [1.54, 1.807) is 6.33 Å². The van der Waals surface area contributed by atoms with Gasteiger partial charge in [0.2, 0.25) is 0 Å². The summed E-state index contributed by atoms with van der Waals surface area (Å²) in [5.74, 6) is 2.06. The van der Waals surface area contributed by atoms with Crippen LogP contribution in [0.4, 0.5) is 11.6 Å². The van der Waals surface area contributed by atoms with Gasteiger partial charge >= 0.3 is 0 Å². The second-order valence-corrected chi connectivity index (χ2v) is 5.52. The highest BCUT2D eigenvalue weighted by atomic mass is 15.3. The van der Waals surface area contributed by atoms with Gasteiger partial charge < -0.3 is 10.2 Å². The van der Waals surface area contributed by atoms with Gasteiger partial charge in [-0.05, 0) is 26.8 Å². The van der Waals surface area contributed by atoms with Crippen LogP contribution in [-0.4, -0.2) is 53.6 Å². The predicted molar refractivity (Wildman–Crippen MR) is 84.5 cm³/mol. The summed E-state index contributed by atoms with van der Waals surface area (Å²) in [4.78, 5) is 13.8. The zero-order chi connectivity index (χ0) is 14.5. The molecule has 1 aromatic rings. The minimum Gasteiger partial charge on any atom is -0.370 e. The molecule has 1 unspecified atom stereocenters. The van der Waals surface area contributed by atoms with E-state index in [4.69, 9.17) is 0 Å². The maximum Gasteiger partial charge on any atom is 0.137 e. The zero-order valence-electron chi connectivity index (χ0n) is 13.2. The van der Waals surface area contributed by atoms with Crippen LogP contribution in [0.15, 0.2) is 6.33 Å². The number of anilines is 2. The molecule has 1 atom stereocenters. The molecule has 1 fully saturated rings. The second-order valence-electron chi connectivity index (χ2n) is 5.52. The molecule has 2 heterocycles. The van der Waals surface area contributed by atoms with Gasteiger partial charge in [0, 0.05) is 37.8 Å². The van der Waals surface area contributed by atoms with E-state index in [1.807, 2.05) is 0 Å². The number of aromatic nitrogens is 2. The van der Waals surface area contributed by atoms with E-state index in [0.717, 1.165) is 56.3 Å². The molecular formula is C15H27N5. The molecular weight excluding hydrogens is 250 g/mol. The first kappa shape index (κ1) is 15.0. The highest BCUT2D eigenvalue weighted by Gasteiger charge is 2.24. The van der Waals surface area contributed by atoms with Crippen LogP contribution < -0.4 is 10.2 Å². The van der Waals surface area contributed by atoms with Gasteiger partial charge in [-0.2, -0.15) is 0 Å². The van der Waals surface area contributed by atoms with Crippen LogP contribution >= 0.6 is 0 Å². The number of likely N-dealkylation sites (N-methyl/N-ethyl adjacent to an activating group) is 1. The molecule has 1 aliphatic heterocycles. The van der Waals surface area contributed by atoms with Crippen molar-refractivity contribution in [2.24, 2.45) is 0 Å². The molecule has 1 N–H and O–H groups in total. The molecule has 0 aliphatic carbocycles. The summed E-state index contributed by atoms with van der Waals surface area (Å²) in [6.07, 6.45) is 2.78. The Kier molecular flexibility index (Phi) is 5.17. The van der Waals surface area contributed by atoms with Gasteiger partial charge in [-0.3, -0.25) is 4.90 Å². The number of piperazine rings is 1. The van der Waals surface area contributed by atoms with E-state index in [9.17, 15) is 0 Å². The van der Waals surface area contributed by atoms with Gasteiger partial charge in [0.05, 0.1) is 0 Å². The van der Waals surface area contributed by atoms with Crippen LogP contribution in [0.1, 0.15) is 32.8 Å². The molecule has 1 aliphatic rings. The van der Waals surface area contributed by atoms with E-state index in [-0.39, 0.29) is 0 Å². The zero-order valence-corrected chi connectivity index (χ0v) is 13.2. The van der Waals surface area contributed by atoms with Crippen LogP contribution in [0.2, 0.25) is 0 Å². The van der Waals surface area contributed by atoms with E-state index in [1.165, 1.54) is 0 Å². The van der Waals surface area contributed by atoms with Crippen LogP contribution in [0, 0.1) is 6.92 Å². The fraction of sp³-hybridized carbons (Fsp3) is 0.733. The van der Waals surface area contributed by atoms with Crippen LogP contribution in [-0.2, 0) is 0 Å². The number of hydrogen-bond donors (Lipinski definition) is 1. The van der Waals surface area contributed by atoms with Crippen molar-refractivity contribution in [1.29, 1.82) is 0 Å². The fourth-order valence-corrected chi connectivity index (χ4v) is 2.84. The SMILES string of the molecule is CCCNc1ncnc(N2CCN(CC)C(C)C2)c1C. The van der Waals surface area contributed by atoms with Crippen molar-refractivity contribution >= 4 is 11.6 Å². The Bertz CT molecular complexity index is 434. The van der Waals surface area contributed by atoms with Crippen LogP contribution in [0.3, 0.4) is 0 Å². The first-order valence-electron chi connectivity index (χ1n) is 7.71. The Balaban J connectivity index is 2.13. The molecule has 0 radical (unpaired) electrons. The minimum absolute atomic E-state index is 0.579. The summed E-state index contributed by atoms with van der Waals surface area (Å²) < 4.78 is 0. The topological polar surface area (TPSA) is 44.3 Å². The van der Waals surface area contributed by atoms with E-state index >= 15 is 0 Å². The monoisotopic (exact) mass is 277 g/mol. The quantitative estimate of drug-likeness (QED) is 0.893. The van der Waals surface area contributed by atoms with E-state index in [2.05, 4.69) is 52.8 Å². The summed E-state index contributed by atoms with van der Waals surface area (Å²) >= 11 is 0. The third-order valence-electron chi connectivity index (χ3n) is 4.07. The van der Waals surface area contributed by atoms with Gasteiger partial charge in [0.25, 0.3) is 0 Å². The number of rotatable bonds is 5. The molecule has 0 amide bonds. The highest BCUT2D eigenvalue weighted by molar-refractivity contribution is 5.58. The molecule has 112 valence electrons. The van der Waals surface area contributed by atoms with Crippen molar-refractivity contribution in [2.75, 3.05) is 42.9 Å². The smallest absolute Gasteiger partial charge is 0.137 e.